The summed E-state index contributed by atoms with van der Waals surface area (Å²) in [7, 11) is 0. The van der Waals surface area contributed by atoms with E-state index < -0.39 is 0 Å². The Morgan fingerprint density at radius 2 is 1.72 bits per heavy atom. The molecule has 0 fully saturated rings. The smallest absolute Gasteiger partial charge is 0.152 e. The number of aromatic nitrogens is 2. The number of hydrogen-bond acceptors (Lipinski definition) is 4. The standard InChI is InChI=1S/C14H12N2S2/c1-9-10(2)18-14(15-9)13-16-12(8-17-13)11-6-4-3-5-7-11/h3-8H,1-2H3. The number of benzene rings is 1. The summed E-state index contributed by atoms with van der Waals surface area (Å²) in [6.45, 7) is 4.14. The molecule has 0 bridgehead atoms. The molecule has 2 heterocycles. The highest BCUT2D eigenvalue weighted by Gasteiger charge is 2.11. The third-order valence-electron chi connectivity index (χ3n) is 2.79. The molecule has 2 aromatic heterocycles. The molecular weight excluding hydrogens is 260 g/mol. The highest BCUT2D eigenvalue weighted by molar-refractivity contribution is 7.20. The van der Waals surface area contributed by atoms with Gasteiger partial charge in [-0.25, -0.2) is 9.97 Å². The van der Waals surface area contributed by atoms with Crippen LogP contribution in [-0.2, 0) is 0 Å². The minimum atomic E-state index is 1.01. The zero-order valence-electron chi connectivity index (χ0n) is 10.2. The van der Waals surface area contributed by atoms with Gasteiger partial charge >= 0.3 is 0 Å². The second-order valence-corrected chi connectivity index (χ2v) is 6.13. The van der Waals surface area contributed by atoms with Crippen molar-refractivity contribution in [1.82, 2.24) is 9.97 Å². The van der Waals surface area contributed by atoms with E-state index in [0.717, 1.165) is 27.0 Å². The second-order valence-electron chi connectivity index (χ2n) is 4.06. The van der Waals surface area contributed by atoms with Gasteiger partial charge in [0.25, 0.3) is 0 Å². The number of aryl methyl sites for hydroxylation is 2. The first-order valence-electron chi connectivity index (χ1n) is 5.69. The summed E-state index contributed by atoms with van der Waals surface area (Å²) < 4.78 is 0. The molecule has 0 aliphatic carbocycles. The van der Waals surface area contributed by atoms with Gasteiger partial charge < -0.3 is 0 Å². The summed E-state index contributed by atoms with van der Waals surface area (Å²) in [4.78, 5) is 10.5. The summed E-state index contributed by atoms with van der Waals surface area (Å²) in [5.41, 5.74) is 3.29. The molecule has 4 heteroatoms. The van der Waals surface area contributed by atoms with Gasteiger partial charge in [-0.15, -0.1) is 22.7 Å². The topological polar surface area (TPSA) is 25.8 Å². The summed E-state index contributed by atoms with van der Waals surface area (Å²) in [6.07, 6.45) is 0. The molecule has 3 aromatic rings. The zero-order valence-corrected chi connectivity index (χ0v) is 11.8. The molecule has 0 aliphatic rings. The summed E-state index contributed by atoms with van der Waals surface area (Å²) in [5, 5.41) is 4.13. The third-order valence-corrected chi connectivity index (χ3v) is 4.84. The van der Waals surface area contributed by atoms with E-state index in [-0.39, 0.29) is 0 Å². The van der Waals surface area contributed by atoms with Crippen molar-refractivity contribution < 1.29 is 0 Å². The van der Waals surface area contributed by atoms with E-state index in [1.807, 2.05) is 25.1 Å². The van der Waals surface area contributed by atoms with Gasteiger partial charge in [0.05, 0.1) is 11.4 Å². The highest BCUT2D eigenvalue weighted by atomic mass is 32.1. The van der Waals surface area contributed by atoms with E-state index >= 15 is 0 Å². The molecule has 0 aliphatic heterocycles. The fraction of sp³-hybridized carbons (Fsp3) is 0.143. The van der Waals surface area contributed by atoms with E-state index in [0.29, 0.717) is 0 Å². The molecule has 0 N–H and O–H groups in total. The lowest BCUT2D eigenvalue weighted by molar-refractivity contribution is 1.22. The van der Waals surface area contributed by atoms with Crippen molar-refractivity contribution in [1.29, 1.82) is 0 Å². The van der Waals surface area contributed by atoms with Crippen LogP contribution in [0.2, 0.25) is 0 Å². The summed E-state index contributed by atoms with van der Waals surface area (Å²) in [6, 6.07) is 10.2. The lowest BCUT2D eigenvalue weighted by Crippen LogP contribution is -1.78. The van der Waals surface area contributed by atoms with Gasteiger partial charge in [0, 0.05) is 15.8 Å². The van der Waals surface area contributed by atoms with Crippen molar-refractivity contribution in [2.24, 2.45) is 0 Å². The largest absolute Gasteiger partial charge is 0.239 e. The Hall–Kier alpha value is -1.52. The lowest BCUT2D eigenvalue weighted by atomic mass is 10.2. The fourth-order valence-corrected chi connectivity index (χ4v) is 3.46. The molecule has 0 saturated heterocycles. The Kier molecular flexibility index (Phi) is 2.97. The van der Waals surface area contributed by atoms with E-state index in [2.05, 4.69) is 34.4 Å². The van der Waals surface area contributed by atoms with Crippen LogP contribution in [-0.4, -0.2) is 9.97 Å². The van der Waals surface area contributed by atoms with Crippen molar-refractivity contribution in [2.75, 3.05) is 0 Å². The minimum Gasteiger partial charge on any atom is -0.239 e. The van der Waals surface area contributed by atoms with Gasteiger partial charge in [0.2, 0.25) is 0 Å². The third kappa shape index (κ3) is 2.09. The zero-order chi connectivity index (χ0) is 12.5. The first kappa shape index (κ1) is 11.6. The van der Waals surface area contributed by atoms with Crippen LogP contribution in [0.3, 0.4) is 0 Å². The Balaban J connectivity index is 1.99. The molecule has 0 saturated carbocycles. The van der Waals surface area contributed by atoms with Crippen molar-refractivity contribution in [3.63, 3.8) is 0 Å². The van der Waals surface area contributed by atoms with Crippen LogP contribution in [0.25, 0.3) is 21.3 Å². The molecule has 0 spiro atoms. The van der Waals surface area contributed by atoms with Gasteiger partial charge in [-0.3, -0.25) is 0 Å². The van der Waals surface area contributed by atoms with Gasteiger partial charge in [-0.2, -0.15) is 0 Å². The molecule has 0 radical (unpaired) electrons. The van der Waals surface area contributed by atoms with Crippen LogP contribution in [0.1, 0.15) is 10.6 Å². The van der Waals surface area contributed by atoms with E-state index in [9.17, 15) is 0 Å². The van der Waals surface area contributed by atoms with Crippen molar-refractivity contribution in [2.45, 2.75) is 13.8 Å². The van der Waals surface area contributed by atoms with Crippen molar-refractivity contribution >= 4 is 22.7 Å². The molecule has 3 rings (SSSR count). The Labute approximate surface area is 114 Å². The summed E-state index contributed by atoms with van der Waals surface area (Å²) >= 11 is 3.37. The van der Waals surface area contributed by atoms with Gasteiger partial charge in [0.15, 0.2) is 10.0 Å². The number of hydrogen-bond donors (Lipinski definition) is 0. The molecule has 2 nitrogen and oxygen atoms in total. The predicted molar refractivity (Wildman–Crippen MR) is 78.1 cm³/mol. The minimum absolute atomic E-state index is 1.01. The van der Waals surface area contributed by atoms with Crippen molar-refractivity contribution in [3.05, 3.63) is 46.3 Å². The van der Waals surface area contributed by atoms with Crippen LogP contribution in [0.5, 0.6) is 0 Å². The van der Waals surface area contributed by atoms with Gasteiger partial charge in [-0.05, 0) is 13.8 Å². The quantitative estimate of drug-likeness (QED) is 0.684. The maximum Gasteiger partial charge on any atom is 0.152 e. The summed E-state index contributed by atoms with van der Waals surface area (Å²) in [5.74, 6) is 0. The first-order chi connectivity index (χ1) is 8.74. The van der Waals surface area contributed by atoms with Gasteiger partial charge in [0.1, 0.15) is 0 Å². The second kappa shape index (κ2) is 4.63. The Morgan fingerprint density at radius 3 is 2.39 bits per heavy atom. The molecule has 1 aromatic carbocycles. The molecule has 18 heavy (non-hydrogen) atoms. The monoisotopic (exact) mass is 272 g/mol. The normalized spacial score (nSPS) is 10.8. The molecule has 90 valence electrons. The maximum absolute atomic E-state index is 4.67. The number of thiazole rings is 2. The Morgan fingerprint density at radius 1 is 0.944 bits per heavy atom. The van der Waals surface area contributed by atoms with Crippen LogP contribution in [0.4, 0.5) is 0 Å². The van der Waals surface area contributed by atoms with Crippen LogP contribution in [0.15, 0.2) is 35.7 Å². The fourth-order valence-electron chi connectivity index (χ4n) is 1.68. The van der Waals surface area contributed by atoms with Crippen molar-refractivity contribution in [3.8, 4) is 21.3 Å². The highest BCUT2D eigenvalue weighted by Crippen LogP contribution is 2.32. The molecule has 0 unspecified atom stereocenters. The molecular formula is C14H12N2S2. The number of rotatable bonds is 2. The molecule has 0 atom stereocenters. The van der Waals surface area contributed by atoms with Crippen LogP contribution in [0, 0.1) is 13.8 Å². The maximum atomic E-state index is 4.67. The predicted octanol–water partition coefficient (Wildman–Crippen LogP) is 4.55. The van der Waals surface area contributed by atoms with Crippen LogP contribution >= 0.6 is 22.7 Å². The van der Waals surface area contributed by atoms with Crippen LogP contribution < -0.4 is 0 Å². The number of nitrogens with zero attached hydrogens (tertiary/aromatic N) is 2. The van der Waals surface area contributed by atoms with E-state index in [1.54, 1.807) is 22.7 Å². The first-order valence-corrected chi connectivity index (χ1v) is 7.39. The SMILES string of the molecule is Cc1nc(-c2nc(-c3ccccc3)cs2)sc1C. The average Bonchev–Trinajstić information content (AvgIpc) is 2.99. The van der Waals surface area contributed by atoms with E-state index in [4.69, 9.17) is 0 Å². The Bertz CT molecular complexity index is 649. The lowest BCUT2D eigenvalue weighted by Gasteiger charge is -1.93. The van der Waals surface area contributed by atoms with E-state index in [1.165, 1.54) is 4.88 Å². The average molecular weight is 272 g/mol. The molecule has 0 amide bonds. The van der Waals surface area contributed by atoms with Gasteiger partial charge in [-0.1, -0.05) is 30.3 Å².